The molecule has 1 aromatic heterocycles. The molecular weight excluding hydrogens is 454 g/mol. The molecule has 2 heterocycles. The smallest absolute Gasteiger partial charge is 0.410 e. The first kappa shape index (κ1) is 24.7. The number of aryl methyl sites for hydroxylation is 1. The average Bonchev–Trinajstić information content (AvgIpc) is 3.58. The summed E-state index contributed by atoms with van der Waals surface area (Å²) in [4.78, 5) is 27.2. The molecule has 0 bridgehead atoms. The molecule has 0 N–H and O–H groups in total. The maximum atomic E-state index is 13.8. The Hall–Kier alpha value is -2.39. The standard InChI is InChI=1S/C25H35N3O5S/c1-17-6-9-20-21(14-17)22(16-27(23(20)29)15-18-7-8-18)34(31,32)28-12-10-19(11-13-28)26(5)24(30)33-25(2,3)4/h6,9,14,16,18-19H,7-8,10-13,15H2,1-5H3. The van der Waals surface area contributed by atoms with Gasteiger partial charge in [-0.25, -0.2) is 13.2 Å². The van der Waals surface area contributed by atoms with Crippen LogP contribution in [0.3, 0.4) is 0 Å². The van der Waals surface area contributed by atoms with E-state index in [2.05, 4.69) is 0 Å². The quantitative estimate of drug-likeness (QED) is 0.638. The Kier molecular flexibility index (Phi) is 6.54. The van der Waals surface area contributed by atoms with Crippen molar-refractivity contribution < 1.29 is 17.9 Å². The van der Waals surface area contributed by atoms with Gasteiger partial charge in [0, 0.05) is 49.7 Å². The lowest BCUT2D eigenvalue weighted by molar-refractivity contribution is 0.0178. The van der Waals surface area contributed by atoms with Crippen LogP contribution in [0.4, 0.5) is 4.79 Å². The van der Waals surface area contributed by atoms with E-state index in [1.165, 1.54) is 10.5 Å². The fourth-order valence-electron chi connectivity index (χ4n) is 4.48. The Morgan fingerprint density at radius 2 is 1.76 bits per heavy atom. The third kappa shape index (κ3) is 5.15. The summed E-state index contributed by atoms with van der Waals surface area (Å²) in [6.07, 6.45) is 4.32. The van der Waals surface area contributed by atoms with Gasteiger partial charge in [0.2, 0.25) is 10.0 Å². The number of hydrogen-bond donors (Lipinski definition) is 0. The third-order valence-electron chi connectivity index (χ3n) is 6.63. The predicted molar refractivity (Wildman–Crippen MR) is 131 cm³/mol. The van der Waals surface area contributed by atoms with Gasteiger partial charge in [-0.2, -0.15) is 4.31 Å². The summed E-state index contributed by atoms with van der Waals surface area (Å²) in [6, 6.07) is 5.27. The zero-order valence-corrected chi connectivity index (χ0v) is 21.5. The highest BCUT2D eigenvalue weighted by molar-refractivity contribution is 7.89. The molecule has 1 amide bonds. The molecule has 2 aliphatic rings. The van der Waals surface area contributed by atoms with Gasteiger partial charge in [0.05, 0.1) is 0 Å². The summed E-state index contributed by atoms with van der Waals surface area (Å²) >= 11 is 0. The molecule has 0 spiro atoms. The van der Waals surface area contributed by atoms with Crippen LogP contribution in [0.5, 0.6) is 0 Å². The van der Waals surface area contributed by atoms with Crippen LogP contribution >= 0.6 is 0 Å². The maximum absolute atomic E-state index is 13.8. The molecule has 2 fully saturated rings. The third-order valence-corrected chi connectivity index (χ3v) is 8.55. The summed E-state index contributed by atoms with van der Waals surface area (Å²) in [7, 11) is -2.12. The average molecular weight is 490 g/mol. The number of carbonyl (C=O) groups excluding carboxylic acids is 1. The summed E-state index contributed by atoms with van der Waals surface area (Å²) < 4.78 is 36.1. The molecule has 2 aromatic rings. The van der Waals surface area contributed by atoms with Crippen LogP contribution in [-0.2, 0) is 21.3 Å². The van der Waals surface area contributed by atoms with Gasteiger partial charge < -0.3 is 14.2 Å². The number of fused-ring (bicyclic) bond motifs is 1. The van der Waals surface area contributed by atoms with Gasteiger partial charge in [-0.1, -0.05) is 11.6 Å². The highest BCUT2D eigenvalue weighted by Crippen LogP contribution is 2.32. The van der Waals surface area contributed by atoms with Crippen molar-refractivity contribution in [1.82, 2.24) is 13.8 Å². The molecule has 1 aliphatic heterocycles. The minimum Gasteiger partial charge on any atom is -0.444 e. The molecule has 1 aliphatic carbocycles. The van der Waals surface area contributed by atoms with Crippen molar-refractivity contribution in [3.8, 4) is 0 Å². The number of nitrogens with zero attached hydrogens (tertiary/aromatic N) is 3. The number of pyridine rings is 1. The number of rotatable bonds is 5. The predicted octanol–water partition coefficient (Wildman–Crippen LogP) is 3.74. The molecule has 0 atom stereocenters. The van der Waals surface area contributed by atoms with Crippen molar-refractivity contribution in [2.75, 3.05) is 20.1 Å². The molecule has 186 valence electrons. The number of hydrogen-bond acceptors (Lipinski definition) is 5. The number of ether oxygens (including phenoxy) is 1. The van der Waals surface area contributed by atoms with Crippen molar-refractivity contribution in [3.63, 3.8) is 0 Å². The van der Waals surface area contributed by atoms with Crippen molar-refractivity contribution in [2.45, 2.75) is 76.5 Å². The SMILES string of the molecule is Cc1ccc2c(=O)n(CC3CC3)cc(S(=O)(=O)N3CCC(N(C)C(=O)OC(C)(C)C)CC3)c2c1. The lowest BCUT2D eigenvalue weighted by Gasteiger charge is -2.36. The highest BCUT2D eigenvalue weighted by Gasteiger charge is 2.35. The van der Waals surface area contributed by atoms with E-state index in [9.17, 15) is 18.0 Å². The van der Waals surface area contributed by atoms with Crippen LogP contribution in [-0.4, -0.2) is 60.1 Å². The van der Waals surface area contributed by atoms with Crippen LogP contribution in [0, 0.1) is 12.8 Å². The van der Waals surface area contributed by atoms with Gasteiger partial charge in [0.25, 0.3) is 5.56 Å². The van der Waals surface area contributed by atoms with Gasteiger partial charge in [0.15, 0.2) is 0 Å². The molecule has 4 rings (SSSR count). The Morgan fingerprint density at radius 3 is 2.35 bits per heavy atom. The minimum atomic E-state index is -3.82. The molecule has 1 saturated heterocycles. The van der Waals surface area contributed by atoms with E-state index in [4.69, 9.17) is 4.74 Å². The van der Waals surface area contributed by atoms with Gasteiger partial charge in [-0.15, -0.1) is 0 Å². The van der Waals surface area contributed by atoms with E-state index in [0.29, 0.717) is 49.2 Å². The molecule has 1 aromatic carbocycles. The van der Waals surface area contributed by atoms with Crippen LogP contribution < -0.4 is 5.56 Å². The van der Waals surface area contributed by atoms with E-state index in [0.717, 1.165) is 18.4 Å². The second kappa shape index (κ2) is 9.00. The van der Waals surface area contributed by atoms with E-state index >= 15 is 0 Å². The van der Waals surface area contributed by atoms with Gasteiger partial charge in [0.1, 0.15) is 10.5 Å². The zero-order valence-electron chi connectivity index (χ0n) is 20.7. The van der Waals surface area contributed by atoms with Crippen molar-refractivity contribution in [2.24, 2.45) is 5.92 Å². The summed E-state index contributed by atoms with van der Waals surface area (Å²) in [5.74, 6) is 0.440. The fourth-order valence-corrected chi connectivity index (χ4v) is 6.16. The molecule has 8 nitrogen and oxygen atoms in total. The lowest BCUT2D eigenvalue weighted by atomic mass is 10.1. The highest BCUT2D eigenvalue weighted by atomic mass is 32.2. The molecule has 0 radical (unpaired) electrons. The Morgan fingerprint density at radius 1 is 1.12 bits per heavy atom. The van der Waals surface area contributed by atoms with Gasteiger partial charge in [-0.3, -0.25) is 4.79 Å². The van der Waals surface area contributed by atoms with E-state index in [1.54, 1.807) is 28.6 Å². The van der Waals surface area contributed by atoms with Crippen LogP contribution in [0.2, 0.25) is 0 Å². The monoisotopic (exact) mass is 489 g/mol. The number of sulfonamides is 1. The zero-order chi connectivity index (χ0) is 24.8. The van der Waals surface area contributed by atoms with Crippen molar-refractivity contribution >= 4 is 26.9 Å². The fraction of sp³-hybridized carbons (Fsp3) is 0.600. The van der Waals surface area contributed by atoms with Crippen molar-refractivity contribution in [1.29, 1.82) is 0 Å². The molecule has 9 heteroatoms. The topological polar surface area (TPSA) is 88.9 Å². The molecule has 1 saturated carbocycles. The summed E-state index contributed by atoms with van der Waals surface area (Å²) in [5, 5.41) is 0.914. The van der Waals surface area contributed by atoms with E-state index in [1.807, 2.05) is 33.8 Å². The Bertz CT molecular complexity index is 1250. The maximum Gasteiger partial charge on any atom is 0.410 e. The first-order valence-electron chi connectivity index (χ1n) is 12.0. The first-order chi connectivity index (χ1) is 15.9. The van der Waals surface area contributed by atoms with Crippen LogP contribution in [0.1, 0.15) is 52.0 Å². The molecule has 0 unspecified atom stereocenters. The first-order valence-corrected chi connectivity index (χ1v) is 13.4. The second-order valence-corrected chi connectivity index (χ2v) is 12.6. The number of benzene rings is 1. The number of amides is 1. The largest absolute Gasteiger partial charge is 0.444 e. The Labute approximate surface area is 201 Å². The second-order valence-electron chi connectivity index (χ2n) is 10.7. The van der Waals surface area contributed by atoms with Crippen LogP contribution in [0.25, 0.3) is 10.8 Å². The Balaban J connectivity index is 1.60. The number of carbonyl (C=O) groups is 1. The van der Waals surface area contributed by atoms with E-state index < -0.39 is 21.7 Å². The molecule has 34 heavy (non-hydrogen) atoms. The number of piperidine rings is 1. The summed E-state index contributed by atoms with van der Waals surface area (Å²) in [6.45, 7) is 8.51. The van der Waals surface area contributed by atoms with Crippen molar-refractivity contribution in [3.05, 3.63) is 40.3 Å². The molecular formula is C25H35N3O5S. The number of aromatic nitrogens is 1. The van der Waals surface area contributed by atoms with E-state index in [-0.39, 0.29) is 16.5 Å². The normalized spacial score (nSPS) is 18.3. The summed E-state index contributed by atoms with van der Waals surface area (Å²) in [5.41, 5.74) is 0.178. The van der Waals surface area contributed by atoms with Crippen LogP contribution in [0.15, 0.2) is 34.1 Å². The minimum absolute atomic E-state index is 0.0934. The van der Waals surface area contributed by atoms with Gasteiger partial charge >= 0.3 is 6.09 Å². The van der Waals surface area contributed by atoms with Gasteiger partial charge in [-0.05, 0) is 71.4 Å². The lowest BCUT2D eigenvalue weighted by Crippen LogP contribution is -2.48.